The molecule has 1 aliphatic rings. The number of nitrogens with zero attached hydrogens (tertiary/aromatic N) is 2. The molecule has 0 spiro atoms. The molecule has 1 aromatic carbocycles. The summed E-state index contributed by atoms with van der Waals surface area (Å²) < 4.78 is 5.51. The van der Waals surface area contributed by atoms with Gasteiger partial charge < -0.3 is 10.1 Å². The second kappa shape index (κ2) is 7.38. The second-order valence-corrected chi connectivity index (χ2v) is 5.55. The summed E-state index contributed by atoms with van der Waals surface area (Å²) in [6.07, 6.45) is 3.80. The first-order chi connectivity index (χ1) is 10.9. The highest BCUT2D eigenvalue weighted by atomic mass is 16.5. The minimum atomic E-state index is 0.383. The van der Waals surface area contributed by atoms with Crippen molar-refractivity contribution in [3.8, 4) is 5.75 Å². The van der Waals surface area contributed by atoms with Gasteiger partial charge in [-0.1, -0.05) is 18.2 Å². The minimum Gasteiger partial charge on any atom is -0.494 e. The lowest BCUT2D eigenvalue weighted by molar-refractivity contribution is 0.153. The van der Waals surface area contributed by atoms with Gasteiger partial charge in [-0.25, -0.2) is 0 Å². The Labute approximate surface area is 132 Å². The lowest BCUT2D eigenvalue weighted by Crippen LogP contribution is -2.45. The van der Waals surface area contributed by atoms with Gasteiger partial charge in [0.25, 0.3) is 0 Å². The van der Waals surface area contributed by atoms with E-state index in [1.807, 2.05) is 25.4 Å². The zero-order valence-electron chi connectivity index (χ0n) is 13.0. The van der Waals surface area contributed by atoms with Crippen molar-refractivity contribution in [2.45, 2.75) is 19.5 Å². The number of piperazine rings is 1. The van der Waals surface area contributed by atoms with Gasteiger partial charge in [-0.3, -0.25) is 9.88 Å². The largest absolute Gasteiger partial charge is 0.494 e. The maximum Gasteiger partial charge on any atom is 0.119 e. The summed E-state index contributed by atoms with van der Waals surface area (Å²) >= 11 is 0. The molecule has 1 aromatic heterocycles. The molecule has 1 fully saturated rings. The molecule has 0 bridgehead atoms. The molecule has 1 saturated heterocycles. The average Bonchev–Trinajstić information content (AvgIpc) is 2.58. The van der Waals surface area contributed by atoms with Crippen molar-refractivity contribution in [2.75, 3.05) is 26.2 Å². The molecule has 1 aliphatic heterocycles. The van der Waals surface area contributed by atoms with E-state index in [4.69, 9.17) is 4.74 Å². The number of nitrogens with one attached hydrogen (secondary N) is 1. The monoisotopic (exact) mass is 297 g/mol. The third-order valence-corrected chi connectivity index (χ3v) is 4.04. The Bertz CT molecular complexity index is 571. The molecular weight excluding hydrogens is 274 g/mol. The van der Waals surface area contributed by atoms with E-state index in [2.05, 4.69) is 45.5 Å². The van der Waals surface area contributed by atoms with Gasteiger partial charge in [0.2, 0.25) is 0 Å². The Hall–Kier alpha value is -1.91. The Morgan fingerprint density at radius 1 is 1.27 bits per heavy atom. The number of hydrogen-bond acceptors (Lipinski definition) is 4. The molecule has 116 valence electrons. The highest BCUT2D eigenvalue weighted by Gasteiger charge is 2.23. The summed E-state index contributed by atoms with van der Waals surface area (Å²) in [6.45, 7) is 6.73. The van der Waals surface area contributed by atoms with Crippen LogP contribution in [0.1, 0.15) is 24.1 Å². The fourth-order valence-electron chi connectivity index (χ4n) is 2.93. The van der Waals surface area contributed by atoms with E-state index in [-0.39, 0.29) is 0 Å². The molecule has 1 atom stereocenters. The molecule has 0 saturated carbocycles. The number of benzene rings is 1. The summed E-state index contributed by atoms with van der Waals surface area (Å²) in [5.41, 5.74) is 2.60. The Morgan fingerprint density at radius 3 is 2.86 bits per heavy atom. The molecule has 2 aromatic rings. The Morgan fingerprint density at radius 2 is 2.14 bits per heavy atom. The normalized spacial score (nSPS) is 19.0. The smallest absolute Gasteiger partial charge is 0.119 e. The third kappa shape index (κ3) is 3.64. The average molecular weight is 297 g/mol. The first kappa shape index (κ1) is 15.0. The van der Waals surface area contributed by atoms with Crippen molar-refractivity contribution in [3.63, 3.8) is 0 Å². The van der Waals surface area contributed by atoms with Crippen LogP contribution < -0.4 is 10.1 Å². The van der Waals surface area contributed by atoms with Gasteiger partial charge in [0.05, 0.1) is 6.61 Å². The highest BCUT2D eigenvalue weighted by Crippen LogP contribution is 2.24. The van der Waals surface area contributed by atoms with Crippen molar-refractivity contribution in [2.24, 2.45) is 0 Å². The van der Waals surface area contributed by atoms with Crippen LogP contribution in [0.25, 0.3) is 0 Å². The zero-order valence-corrected chi connectivity index (χ0v) is 13.0. The van der Waals surface area contributed by atoms with E-state index in [1.54, 1.807) is 0 Å². The van der Waals surface area contributed by atoms with Crippen LogP contribution in [0.3, 0.4) is 0 Å². The van der Waals surface area contributed by atoms with Crippen LogP contribution in [0.15, 0.2) is 48.8 Å². The van der Waals surface area contributed by atoms with Gasteiger partial charge in [0.15, 0.2) is 0 Å². The van der Waals surface area contributed by atoms with Crippen LogP contribution in [0.4, 0.5) is 0 Å². The van der Waals surface area contributed by atoms with Crippen molar-refractivity contribution in [3.05, 3.63) is 59.9 Å². The molecule has 1 unspecified atom stereocenters. The summed E-state index contributed by atoms with van der Waals surface area (Å²) in [5.74, 6) is 0.940. The van der Waals surface area contributed by atoms with Crippen molar-refractivity contribution in [1.82, 2.24) is 15.2 Å². The van der Waals surface area contributed by atoms with Crippen molar-refractivity contribution >= 4 is 0 Å². The first-order valence-corrected chi connectivity index (χ1v) is 7.93. The Kier molecular flexibility index (Phi) is 5.03. The van der Waals surface area contributed by atoms with E-state index in [0.717, 1.165) is 31.9 Å². The zero-order chi connectivity index (χ0) is 15.2. The van der Waals surface area contributed by atoms with Gasteiger partial charge in [0.1, 0.15) is 5.75 Å². The molecule has 22 heavy (non-hydrogen) atoms. The minimum absolute atomic E-state index is 0.383. The van der Waals surface area contributed by atoms with E-state index < -0.39 is 0 Å². The molecule has 2 heterocycles. The number of pyridine rings is 1. The van der Waals surface area contributed by atoms with Crippen LogP contribution in [0.5, 0.6) is 5.75 Å². The third-order valence-electron chi connectivity index (χ3n) is 4.04. The van der Waals surface area contributed by atoms with Gasteiger partial charge >= 0.3 is 0 Å². The quantitative estimate of drug-likeness (QED) is 0.920. The van der Waals surface area contributed by atoms with Crippen LogP contribution in [0, 0.1) is 0 Å². The molecule has 0 amide bonds. The van der Waals surface area contributed by atoms with Crippen LogP contribution in [0.2, 0.25) is 0 Å². The number of aromatic nitrogens is 1. The predicted molar refractivity (Wildman–Crippen MR) is 87.9 cm³/mol. The predicted octanol–water partition coefficient (Wildman–Crippen LogP) is 2.63. The Balaban J connectivity index is 1.71. The summed E-state index contributed by atoms with van der Waals surface area (Å²) in [5, 5.41) is 3.49. The van der Waals surface area contributed by atoms with E-state index >= 15 is 0 Å². The molecule has 0 radical (unpaired) electrons. The topological polar surface area (TPSA) is 37.4 Å². The number of ether oxygens (including phenoxy) is 1. The van der Waals surface area contributed by atoms with E-state index in [0.29, 0.717) is 12.6 Å². The number of rotatable bonds is 5. The fraction of sp³-hybridized carbons (Fsp3) is 0.389. The lowest BCUT2D eigenvalue weighted by atomic mass is 10.0. The standard InChI is InChI=1S/C18H23N3O/c1-2-22-17-7-5-15(6-8-17)14-21-11-10-20-13-18(21)16-4-3-9-19-12-16/h3-9,12,18,20H,2,10-11,13-14H2,1H3. The van der Waals surface area contributed by atoms with Gasteiger partial charge in [-0.15, -0.1) is 0 Å². The lowest BCUT2D eigenvalue weighted by Gasteiger charge is -2.36. The maximum atomic E-state index is 5.51. The van der Waals surface area contributed by atoms with Gasteiger partial charge in [0, 0.05) is 44.6 Å². The SMILES string of the molecule is CCOc1ccc(CN2CCNCC2c2cccnc2)cc1. The van der Waals surface area contributed by atoms with E-state index in [9.17, 15) is 0 Å². The second-order valence-electron chi connectivity index (χ2n) is 5.55. The van der Waals surface area contributed by atoms with Crippen LogP contribution >= 0.6 is 0 Å². The molecular formula is C18H23N3O. The molecule has 4 nitrogen and oxygen atoms in total. The number of hydrogen-bond donors (Lipinski definition) is 1. The molecule has 1 N–H and O–H groups in total. The van der Waals surface area contributed by atoms with Crippen molar-refractivity contribution in [1.29, 1.82) is 0 Å². The van der Waals surface area contributed by atoms with Gasteiger partial charge in [-0.2, -0.15) is 0 Å². The van der Waals surface area contributed by atoms with Crippen LogP contribution in [-0.2, 0) is 6.54 Å². The summed E-state index contributed by atoms with van der Waals surface area (Å²) in [4.78, 5) is 6.78. The summed E-state index contributed by atoms with van der Waals surface area (Å²) in [7, 11) is 0. The van der Waals surface area contributed by atoms with E-state index in [1.165, 1.54) is 11.1 Å². The molecule has 3 rings (SSSR count). The highest BCUT2D eigenvalue weighted by molar-refractivity contribution is 5.27. The first-order valence-electron chi connectivity index (χ1n) is 7.93. The summed E-state index contributed by atoms with van der Waals surface area (Å²) in [6, 6.07) is 13.0. The fourth-order valence-corrected chi connectivity index (χ4v) is 2.93. The molecule has 0 aliphatic carbocycles. The van der Waals surface area contributed by atoms with Crippen molar-refractivity contribution < 1.29 is 4.74 Å². The van der Waals surface area contributed by atoms with Gasteiger partial charge in [-0.05, 0) is 36.2 Å². The maximum absolute atomic E-state index is 5.51. The molecule has 4 heteroatoms. The van der Waals surface area contributed by atoms with Crippen LogP contribution in [-0.4, -0.2) is 36.1 Å².